The number of nitriles is 1. The first-order valence-corrected chi connectivity index (χ1v) is 8.34. The third-order valence-corrected chi connectivity index (χ3v) is 3.96. The summed E-state index contributed by atoms with van der Waals surface area (Å²) in [6.07, 6.45) is 6.04. The van der Waals surface area contributed by atoms with E-state index in [-0.39, 0.29) is 19.4 Å². The molecule has 0 aromatic carbocycles. The van der Waals surface area contributed by atoms with Crippen LogP contribution in [0.4, 0.5) is 0 Å². The largest absolute Gasteiger partial charge is 0.342 e. The van der Waals surface area contributed by atoms with Crippen molar-refractivity contribution in [2.75, 3.05) is 0 Å². The van der Waals surface area contributed by atoms with Crippen molar-refractivity contribution in [3.63, 3.8) is 0 Å². The number of carbonyl (C=O) groups is 1. The molecule has 0 aliphatic heterocycles. The second kappa shape index (κ2) is 8.72. The highest BCUT2D eigenvalue weighted by Gasteiger charge is 2.18. The van der Waals surface area contributed by atoms with Crippen LogP contribution in [0.1, 0.15) is 34.7 Å². The Labute approximate surface area is 170 Å². The molecule has 1 amide bonds. The second-order valence-electron chi connectivity index (χ2n) is 5.13. The first kappa shape index (κ1) is 19.8. The normalized spacial score (nSPS) is 11.1. The molecule has 132 valence electrons. The van der Waals surface area contributed by atoms with Crippen LogP contribution in [-0.2, 0) is 0 Å². The van der Waals surface area contributed by atoms with Gasteiger partial charge in [-0.15, -0.1) is 0 Å². The number of nitrogens with one attached hydrogen (secondary N) is 1. The summed E-state index contributed by atoms with van der Waals surface area (Å²) >= 11 is 2.10. The molecule has 0 aliphatic carbocycles. The molecule has 0 bridgehead atoms. The van der Waals surface area contributed by atoms with E-state index in [0.717, 1.165) is 3.57 Å². The van der Waals surface area contributed by atoms with Gasteiger partial charge in [0.25, 0.3) is 5.91 Å². The number of carbonyl (C=O) groups excluding carboxylic acids is 1. The third kappa shape index (κ3) is 4.36. The van der Waals surface area contributed by atoms with E-state index in [1.807, 2.05) is 13.0 Å². The molecule has 10 heteroatoms. The Morgan fingerprint density at radius 1 is 1.31 bits per heavy atom. The maximum atomic E-state index is 12.4. The lowest BCUT2D eigenvalue weighted by atomic mass is 10.2. The van der Waals surface area contributed by atoms with Gasteiger partial charge in [0.15, 0.2) is 11.6 Å². The highest BCUT2D eigenvalue weighted by molar-refractivity contribution is 14.1. The van der Waals surface area contributed by atoms with Crippen molar-refractivity contribution < 1.29 is 4.79 Å². The molecule has 0 spiro atoms. The Bertz CT molecular complexity index is 952. The molecule has 0 radical (unpaired) electrons. The SMILES string of the molecule is C[C@H](NC(=O)c1cncc(I)c1)c1ncnn1-c1ccc(C#N)cn1.S. The minimum absolute atomic E-state index is 0. The summed E-state index contributed by atoms with van der Waals surface area (Å²) in [6.45, 7) is 1.81. The summed E-state index contributed by atoms with van der Waals surface area (Å²) in [6, 6.07) is 6.69. The first-order chi connectivity index (χ1) is 12.1. The molecular formula is C16H14IN7OS. The summed E-state index contributed by atoms with van der Waals surface area (Å²) in [5, 5.41) is 15.9. The molecule has 3 rings (SSSR count). The number of rotatable bonds is 4. The van der Waals surface area contributed by atoms with Gasteiger partial charge in [0, 0.05) is 22.2 Å². The summed E-state index contributed by atoms with van der Waals surface area (Å²) in [5.41, 5.74) is 0.930. The molecule has 0 fully saturated rings. The van der Waals surface area contributed by atoms with Crippen LogP contribution in [0.5, 0.6) is 0 Å². The van der Waals surface area contributed by atoms with Gasteiger partial charge in [-0.1, -0.05) is 0 Å². The fraction of sp³-hybridized carbons (Fsp3) is 0.125. The van der Waals surface area contributed by atoms with Crippen LogP contribution in [0, 0.1) is 14.9 Å². The van der Waals surface area contributed by atoms with Gasteiger partial charge in [0.2, 0.25) is 0 Å². The van der Waals surface area contributed by atoms with E-state index in [0.29, 0.717) is 22.8 Å². The molecule has 3 aromatic heterocycles. The average Bonchev–Trinajstić information content (AvgIpc) is 3.11. The molecule has 8 nitrogen and oxygen atoms in total. The van der Waals surface area contributed by atoms with E-state index in [9.17, 15) is 4.79 Å². The Hall–Kier alpha value is -2.52. The Morgan fingerprint density at radius 2 is 2.12 bits per heavy atom. The quantitative estimate of drug-likeness (QED) is 0.575. The van der Waals surface area contributed by atoms with Crippen molar-refractivity contribution in [3.05, 3.63) is 63.6 Å². The topological polar surface area (TPSA) is 109 Å². The number of aromatic nitrogens is 5. The standard InChI is InChI=1S/C16H12IN7O.H2S/c1-10(23-16(25)12-4-13(17)8-19-7-12)15-21-9-22-24(15)14-3-2-11(5-18)6-20-14;/h2-4,6-10H,1H3,(H,23,25);1H2/t10-;/m0./s1. The number of hydrogen-bond acceptors (Lipinski definition) is 6. The molecule has 1 atom stereocenters. The molecule has 0 saturated heterocycles. The lowest BCUT2D eigenvalue weighted by Crippen LogP contribution is -2.29. The minimum atomic E-state index is -0.398. The molecule has 3 aromatic rings. The van der Waals surface area contributed by atoms with Crippen molar-refractivity contribution in [2.24, 2.45) is 0 Å². The molecule has 0 aliphatic rings. The number of pyridine rings is 2. The van der Waals surface area contributed by atoms with Crippen molar-refractivity contribution >= 4 is 42.0 Å². The van der Waals surface area contributed by atoms with Gasteiger partial charge in [-0.2, -0.15) is 28.5 Å². The van der Waals surface area contributed by atoms with E-state index in [1.54, 1.807) is 24.4 Å². The highest BCUT2D eigenvalue weighted by atomic mass is 127. The van der Waals surface area contributed by atoms with E-state index in [4.69, 9.17) is 5.26 Å². The average molecular weight is 479 g/mol. The van der Waals surface area contributed by atoms with Gasteiger partial charge in [0.1, 0.15) is 12.4 Å². The van der Waals surface area contributed by atoms with Crippen LogP contribution in [0.3, 0.4) is 0 Å². The second-order valence-corrected chi connectivity index (χ2v) is 6.38. The van der Waals surface area contributed by atoms with Crippen LogP contribution in [-0.4, -0.2) is 30.6 Å². The third-order valence-electron chi connectivity index (χ3n) is 3.37. The predicted molar refractivity (Wildman–Crippen MR) is 107 cm³/mol. The van der Waals surface area contributed by atoms with Gasteiger partial charge in [-0.3, -0.25) is 9.78 Å². The molecule has 3 heterocycles. The van der Waals surface area contributed by atoms with Crippen LogP contribution >= 0.6 is 36.1 Å². The van der Waals surface area contributed by atoms with E-state index in [1.165, 1.54) is 23.4 Å². The van der Waals surface area contributed by atoms with Crippen molar-refractivity contribution in [1.82, 2.24) is 30.0 Å². The van der Waals surface area contributed by atoms with Crippen LogP contribution in [0.25, 0.3) is 5.82 Å². The van der Waals surface area contributed by atoms with Gasteiger partial charge in [0.05, 0.1) is 17.2 Å². The lowest BCUT2D eigenvalue weighted by Gasteiger charge is -2.14. The van der Waals surface area contributed by atoms with Gasteiger partial charge >= 0.3 is 0 Å². The van der Waals surface area contributed by atoms with Crippen LogP contribution in [0.15, 0.2) is 43.1 Å². The van der Waals surface area contributed by atoms with E-state index >= 15 is 0 Å². The molecule has 1 N–H and O–H groups in total. The zero-order chi connectivity index (χ0) is 17.8. The monoisotopic (exact) mass is 479 g/mol. The first-order valence-electron chi connectivity index (χ1n) is 7.26. The maximum Gasteiger partial charge on any atom is 0.253 e. The van der Waals surface area contributed by atoms with Crippen molar-refractivity contribution in [1.29, 1.82) is 5.26 Å². The van der Waals surface area contributed by atoms with Gasteiger partial charge in [-0.25, -0.2) is 9.97 Å². The van der Waals surface area contributed by atoms with Gasteiger partial charge < -0.3 is 5.32 Å². The summed E-state index contributed by atoms with van der Waals surface area (Å²) < 4.78 is 2.40. The summed E-state index contributed by atoms with van der Waals surface area (Å²) in [7, 11) is 0. The summed E-state index contributed by atoms with van der Waals surface area (Å²) in [4.78, 5) is 24.8. The Kier molecular flexibility index (Phi) is 6.64. The van der Waals surface area contributed by atoms with Gasteiger partial charge in [-0.05, 0) is 47.7 Å². The molecule has 0 saturated carbocycles. The van der Waals surface area contributed by atoms with E-state index < -0.39 is 6.04 Å². The number of amides is 1. The smallest absolute Gasteiger partial charge is 0.253 e. The fourth-order valence-corrected chi connectivity index (χ4v) is 2.68. The fourth-order valence-electron chi connectivity index (χ4n) is 2.18. The van der Waals surface area contributed by atoms with Crippen LogP contribution in [0.2, 0.25) is 0 Å². The number of nitrogens with zero attached hydrogens (tertiary/aromatic N) is 6. The molecule has 26 heavy (non-hydrogen) atoms. The zero-order valence-electron chi connectivity index (χ0n) is 13.6. The van der Waals surface area contributed by atoms with Crippen molar-refractivity contribution in [3.8, 4) is 11.9 Å². The van der Waals surface area contributed by atoms with E-state index in [2.05, 4.69) is 48.0 Å². The Morgan fingerprint density at radius 3 is 2.77 bits per heavy atom. The molecular weight excluding hydrogens is 465 g/mol. The highest BCUT2D eigenvalue weighted by Crippen LogP contribution is 2.14. The predicted octanol–water partition coefficient (Wildman–Crippen LogP) is 2.14. The van der Waals surface area contributed by atoms with Crippen molar-refractivity contribution in [2.45, 2.75) is 13.0 Å². The zero-order valence-corrected chi connectivity index (χ0v) is 16.7. The molecule has 0 unspecified atom stereocenters. The maximum absolute atomic E-state index is 12.4. The summed E-state index contributed by atoms with van der Waals surface area (Å²) in [5.74, 6) is 0.800. The lowest BCUT2D eigenvalue weighted by molar-refractivity contribution is 0.0937. The number of halogens is 1. The van der Waals surface area contributed by atoms with Crippen LogP contribution < -0.4 is 5.32 Å². The number of hydrogen-bond donors (Lipinski definition) is 1. The Balaban J connectivity index is 0.00000243. The minimum Gasteiger partial charge on any atom is -0.342 e.